The minimum absolute atomic E-state index is 0.174. The fraction of sp³-hybridized carbons (Fsp3) is 0. The molecule has 0 radical (unpaired) electrons. The van der Waals surface area contributed by atoms with E-state index in [1.807, 2.05) is 30.3 Å². The summed E-state index contributed by atoms with van der Waals surface area (Å²) < 4.78 is 24.2. The first-order valence-electron chi connectivity index (χ1n) is 6.50. The number of halogens is 5. The van der Waals surface area contributed by atoms with Gasteiger partial charge in [-0.05, 0) is 48.5 Å². The summed E-state index contributed by atoms with van der Waals surface area (Å²) in [6.45, 7) is 0. The highest BCUT2D eigenvalue weighted by Crippen LogP contribution is 2.11. The Morgan fingerprint density at radius 1 is 0.522 bits per heavy atom. The molecule has 0 bridgehead atoms. The monoisotopic (exact) mass is 372 g/mol. The van der Waals surface area contributed by atoms with Gasteiger partial charge >= 0.3 is 0 Å². The van der Waals surface area contributed by atoms with E-state index in [-0.39, 0.29) is 16.7 Å². The van der Waals surface area contributed by atoms with Crippen LogP contribution in [0.1, 0.15) is 0 Å². The highest BCUT2D eigenvalue weighted by atomic mass is 35.5. The molecule has 0 amide bonds. The third-order valence-electron chi connectivity index (χ3n) is 2.36. The van der Waals surface area contributed by atoms with Gasteiger partial charge in [0, 0.05) is 10.0 Å². The number of benzene rings is 3. The molecule has 0 nitrogen and oxygen atoms in total. The summed E-state index contributed by atoms with van der Waals surface area (Å²) in [7, 11) is 0. The zero-order valence-electron chi connectivity index (χ0n) is 11.9. The third-order valence-corrected chi connectivity index (χ3v) is 3.17. The van der Waals surface area contributed by atoms with Crippen LogP contribution in [0.5, 0.6) is 0 Å². The predicted octanol–water partition coefficient (Wildman–Crippen LogP) is 7.30. The molecule has 3 aromatic carbocycles. The molecular weight excluding hydrogens is 361 g/mol. The number of hydrogen-bond donors (Lipinski definition) is 0. The summed E-state index contributed by atoms with van der Waals surface area (Å²) in [6.07, 6.45) is 0. The summed E-state index contributed by atoms with van der Waals surface area (Å²) in [5, 5.41) is 1.53. The standard InChI is InChI=1S/2C6H4ClF.C6H5Cl/c7-5-1-3-6(8)4-2-5;7-5-3-1-2-4-6(5)8;7-6-4-2-1-3-5-6/h2*1-4H;1-5H. The largest absolute Gasteiger partial charge is 0.207 e. The van der Waals surface area contributed by atoms with E-state index in [9.17, 15) is 8.78 Å². The van der Waals surface area contributed by atoms with Crippen molar-refractivity contribution >= 4 is 34.8 Å². The van der Waals surface area contributed by atoms with Crippen molar-refractivity contribution in [3.05, 3.63) is 106 Å². The van der Waals surface area contributed by atoms with Crippen molar-refractivity contribution in [2.24, 2.45) is 0 Å². The van der Waals surface area contributed by atoms with Crippen LogP contribution in [0, 0.1) is 11.6 Å². The summed E-state index contributed by atoms with van der Waals surface area (Å²) in [5.74, 6) is -0.622. The highest BCUT2D eigenvalue weighted by Gasteiger charge is 1.91. The zero-order chi connectivity index (χ0) is 17.1. The van der Waals surface area contributed by atoms with E-state index < -0.39 is 0 Å². The quantitative estimate of drug-likeness (QED) is 0.388. The maximum Gasteiger partial charge on any atom is 0.141 e. The molecule has 0 fully saturated rings. The molecule has 0 aliphatic carbocycles. The van der Waals surface area contributed by atoms with Gasteiger partial charge in [0.05, 0.1) is 5.02 Å². The molecule has 3 rings (SSSR count). The average Bonchev–Trinajstić information content (AvgIpc) is 2.55. The lowest BCUT2D eigenvalue weighted by Crippen LogP contribution is -1.70. The first-order chi connectivity index (χ1) is 11.0. The van der Waals surface area contributed by atoms with Crippen LogP contribution in [0.15, 0.2) is 78.9 Å². The van der Waals surface area contributed by atoms with Crippen LogP contribution in [0.4, 0.5) is 8.78 Å². The molecule has 0 N–H and O–H groups in total. The minimum atomic E-state index is -0.367. The Kier molecular flexibility index (Phi) is 9.30. The second-order valence-corrected chi connectivity index (χ2v) is 5.43. The van der Waals surface area contributed by atoms with Crippen LogP contribution in [-0.4, -0.2) is 0 Å². The van der Waals surface area contributed by atoms with Crippen molar-refractivity contribution in [2.75, 3.05) is 0 Å². The molecule has 0 aliphatic heterocycles. The average molecular weight is 374 g/mol. The van der Waals surface area contributed by atoms with E-state index in [2.05, 4.69) is 0 Å². The fourth-order valence-corrected chi connectivity index (χ4v) is 1.69. The Labute approximate surface area is 149 Å². The van der Waals surface area contributed by atoms with Crippen LogP contribution in [0.3, 0.4) is 0 Å². The first kappa shape index (κ1) is 19.4. The molecule has 0 spiro atoms. The number of rotatable bonds is 0. The van der Waals surface area contributed by atoms with Crippen LogP contribution in [0.25, 0.3) is 0 Å². The van der Waals surface area contributed by atoms with Gasteiger partial charge < -0.3 is 0 Å². The second-order valence-electron chi connectivity index (χ2n) is 4.15. The van der Waals surface area contributed by atoms with Crippen LogP contribution >= 0.6 is 34.8 Å². The minimum Gasteiger partial charge on any atom is -0.207 e. The first-order valence-corrected chi connectivity index (χ1v) is 7.64. The summed E-state index contributed by atoms with van der Waals surface area (Å²) in [4.78, 5) is 0. The van der Waals surface area contributed by atoms with Crippen molar-refractivity contribution in [2.45, 2.75) is 0 Å². The van der Waals surface area contributed by atoms with E-state index in [0.29, 0.717) is 5.02 Å². The van der Waals surface area contributed by atoms with Gasteiger partial charge in [0.25, 0.3) is 0 Å². The van der Waals surface area contributed by atoms with Crippen LogP contribution in [0.2, 0.25) is 15.1 Å². The maximum atomic E-state index is 12.2. The molecular formula is C18H13Cl3F2. The van der Waals surface area contributed by atoms with Crippen molar-refractivity contribution in [3.63, 3.8) is 0 Å². The van der Waals surface area contributed by atoms with E-state index in [0.717, 1.165) is 5.02 Å². The van der Waals surface area contributed by atoms with Crippen LogP contribution < -0.4 is 0 Å². The predicted molar refractivity (Wildman–Crippen MR) is 94.3 cm³/mol. The van der Waals surface area contributed by atoms with Gasteiger partial charge in [-0.1, -0.05) is 65.1 Å². The van der Waals surface area contributed by atoms with Gasteiger partial charge in [-0.15, -0.1) is 0 Å². The van der Waals surface area contributed by atoms with Crippen molar-refractivity contribution in [1.29, 1.82) is 0 Å². The van der Waals surface area contributed by atoms with E-state index in [1.54, 1.807) is 12.1 Å². The highest BCUT2D eigenvalue weighted by molar-refractivity contribution is 6.31. The van der Waals surface area contributed by atoms with Gasteiger partial charge in [-0.3, -0.25) is 0 Å². The van der Waals surface area contributed by atoms with Crippen molar-refractivity contribution in [1.82, 2.24) is 0 Å². The molecule has 0 saturated carbocycles. The van der Waals surface area contributed by atoms with Gasteiger partial charge in [0.1, 0.15) is 11.6 Å². The topological polar surface area (TPSA) is 0 Å². The summed E-state index contributed by atoms with van der Waals surface area (Å²) in [5.41, 5.74) is 0. The van der Waals surface area contributed by atoms with Gasteiger partial charge in [0.2, 0.25) is 0 Å². The molecule has 120 valence electrons. The third kappa shape index (κ3) is 9.19. The molecule has 5 heteroatoms. The molecule has 0 aliphatic rings. The molecule has 0 atom stereocenters. The van der Waals surface area contributed by atoms with E-state index in [4.69, 9.17) is 34.8 Å². The lowest BCUT2D eigenvalue weighted by Gasteiger charge is -1.86. The Balaban J connectivity index is 0.000000173. The molecule has 0 aromatic heterocycles. The smallest absolute Gasteiger partial charge is 0.141 e. The molecule has 0 heterocycles. The second kappa shape index (κ2) is 11.0. The van der Waals surface area contributed by atoms with Crippen molar-refractivity contribution < 1.29 is 8.78 Å². The lowest BCUT2D eigenvalue weighted by atomic mass is 10.4. The molecule has 23 heavy (non-hydrogen) atoms. The molecule has 0 unspecified atom stereocenters. The Bertz CT molecular complexity index is 644. The van der Waals surface area contributed by atoms with Gasteiger partial charge in [0.15, 0.2) is 0 Å². The Morgan fingerprint density at radius 3 is 1.35 bits per heavy atom. The zero-order valence-corrected chi connectivity index (χ0v) is 14.2. The lowest BCUT2D eigenvalue weighted by molar-refractivity contribution is 0.627. The van der Waals surface area contributed by atoms with Gasteiger partial charge in [-0.2, -0.15) is 0 Å². The van der Waals surface area contributed by atoms with E-state index in [1.165, 1.54) is 36.4 Å². The Morgan fingerprint density at radius 2 is 1.00 bits per heavy atom. The summed E-state index contributed by atoms with van der Waals surface area (Å²) in [6, 6.07) is 21.2. The molecule has 3 aromatic rings. The summed E-state index contributed by atoms with van der Waals surface area (Å²) >= 11 is 16.3. The molecule has 0 saturated heterocycles. The Hall–Kier alpha value is -1.61. The van der Waals surface area contributed by atoms with Gasteiger partial charge in [-0.25, -0.2) is 8.78 Å². The number of hydrogen-bond acceptors (Lipinski definition) is 0. The van der Waals surface area contributed by atoms with E-state index >= 15 is 0 Å². The fourth-order valence-electron chi connectivity index (χ4n) is 1.28. The van der Waals surface area contributed by atoms with Crippen LogP contribution in [-0.2, 0) is 0 Å². The maximum absolute atomic E-state index is 12.2. The van der Waals surface area contributed by atoms with Crippen molar-refractivity contribution in [3.8, 4) is 0 Å². The SMILES string of the molecule is Clc1ccccc1.Fc1ccc(Cl)cc1.Fc1ccccc1Cl. The normalized spacial score (nSPS) is 9.09.